The topological polar surface area (TPSA) is 69.7 Å². The van der Waals surface area contributed by atoms with Crippen molar-refractivity contribution in [3.05, 3.63) is 35.6 Å². The number of likely N-dealkylation sites (N-methyl/N-ethyl adjacent to an activating group) is 1. The van der Waals surface area contributed by atoms with E-state index in [9.17, 15) is 17.6 Å². The van der Waals surface area contributed by atoms with E-state index in [0.29, 0.717) is 38.0 Å². The molecule has 1 heterocycles. The van der Waals surface area contributed by atoms with Crippen molar-refractivity contribution in [1.29, 1.82) is 0 Å². The van der Waals surface area contributed by atoms with Gasteiger partial charge >= 0.3 is 6.03 Å². The van der Waals surface area contributed by atoms with Crippen LogP contribution in [0.3, 0.4) is 0 Å². The smallest absolute Gasteiger partial charge is 0.317 e. The average molecular weight is 371 g/mol. The van der Waals surface area contributed by atoms with Gasteiger partial charge in [0.2, 0.25) is 0 Å². The molecule has 1 N–H and O–H groups in total. The van der Waals surface area contributed by atoms with Crippen molar-refractivity contribution >= 4 is 15.9 Å². The lowest BCUT2D eigenvalue weighted by Crippen LogP contribution is -2.49. The molecule has 0 radical (unpaired) electrons. The predicted octanol–water partition coefficient (Wildman–Crippen LogP) is 1.13. The summed E-state index contributed by atoms with van der Waals surface area (Å²) in [6, 6.07) is 5.88. The summed E-state index contributed by atoms with van der Waals surface area (Å²) in [7, 11) is 0.738. The van der Waals surface area contributed by atoms with Crippen LogP contribution in [0.25, 0.3) is 0 Å². The van der Waals surface area contributed by atoms with E-state index < -0.39 is 9.84 Å². The summed E-state index contributed by atoms with van der Waals surface area (Å²) < 4.78 is 37.1. The zero-order valence-electron chi connectivity index (χ0n) is 14.7. The minimum absolute atomic E-state index is 0.0150. The van der Waals surface area contributed by atoms with Gasteiger partial charge in [-0.2, -0.15) is 0 Å². The Hall–Kier alpha value is -1.67. The highest BCUT2D eigenvalue weighted by Crippen LogP contribution is 2.18. The largest absolute Gasteiger partial charge is 0.338 e. The maximum Gasteiger partial charge on any atom is 0.317 e. The summed E-state index contributed by atoms with van der Waals surface area (Å²) in [6.45, 7) is 1.41. The standard InChI is InChI=1S/C17H26FN3O3S/c1-20(2)10-11-21(15-8-12-25(23,24)13-15)17(22)19-9-7-14-5-3-4-6-16(14)18/h3-6,15H,7-13H2,1-2H3,(H,19,22). The SMILES string of the molecule is CN(C)CCN(C(=O)NCCc1ccccc1F)C1CCS(=O)(=O)C1. The highest BCUT2D eigenvalue weighted by Gasteiger charge is 2.34. The normalized spacial score (nSPS) is 19.1. The van der Waals surface area contributed by atoms with Crippen LogP contribution >= 0.6 is 0 Å². The van der Waals surface area contributed by atoms with E-state index in [1.54, 1.807) is 23.1 Å². The number of carbonyl (C=O) groups excluding carboxylic acids is 1. The van der Waals surface area contributed by atoms with Crippen molar-refractivity contribution in [2.45, 2.75) is 18.9 Å². The second-order valence-electron chi connectivity index (χ2n) is 6.63. The van der Waals surface area contributed by atoms with Gasteiger partial charge in [0.1, 0.15) is 5.82 Å². The molecule has 1 aromatic carbocycles. The van der Waals surface area contributed by atoms with Gasteiger partial charge in [-0.25, -0.2) is 17.6 Å². The molecule has 25 heavy (non-hydrogen) atoms. The number of urea groups is 1. The molecule has 0 aliphatic carbocycles. The molecule has 1 saturated heterocycles. The predicted molar refractivity (Wildman–Crippen MR) is 95.8 cm³/mol. The first-order valence-electron chi connectivity index (χ1n) is 8.41. The summed E-state index contributed by atoms with van der Waals surface area (Å²) >= 11 is 0. The fraction of sp³-hybridized carbons (Fsp3) is 0.588. The molecule has 1 aliphatic heterocycles. The lowest BCUT2D eigenvalue weighted by Gasteiger charge is -2.29. The molecule has 2 amide bonds. The third-order valence-electron chi connectivity index (χ3n) is 4.33. The summed E-state index contributed by atoms with van der Waals surface area (Å²) in [4.78, 5) is 16.1. The van der Waals surface area contributed by atoms with E-state index in [0.717, 1.165) is 0 Å². The summed E-state index contributed by atoms with van der Waals surface area (Å²) in [5.41, 5.74) is 0.547. The third kappa shape index (κ3) is 5.97. The average Bonchev–Trinajstić information content (AvgIpc) is 2.89. The molecule has 140 valence electrons. The zero-order chi connectivity index (χ0) is 18.4. The molecule has 0 spiro atoms. The van der Waals surface area contributed by atoms with Crippen molar-refractivity contribution in [2.75, 3.05) is 45.2 Å². The Morgan fingerprint density at radius 1 is 1.28 bits per heavy atom. The van der Waals surface area contributed by atoms with Gasteiger partial charge in [-0.3, -0.25) is 0 Å². The molecule has 8 heteroatoms. The molecule has 1 fully saturated rings. The Kier molecular flexibility index (Phi) is 6.78. The molecular weight excluding hydrogens is 345 g/mol. The van der Waals surface area contributed by atoms with Crippen LogP contribution < -0.4 is 5.32 Å². The van der Waals surface area contributed by atoms with E-state index >= 15 is 0 Å². The maximum absolute atomic E-state index is 13.6. The van der Waals surface area contributed by atoms with Crippen molar-refractivity contribution in [1.82, 2.24) is 15.1 Å². The number of benzene rings is 1. The first-order chi connectivity index (χ1) is 11.8. The third-order valence-corrected chi connectivity index (χ3v) is 6.08. The van der Waals surface area contributed by atoms with Gasteiger partial charge in [0, 0.05) is 25.7 Å². The number of sulfone groups is 1. The second-order valence-corrected chi connectivity index (χ2v) is 8.86. The molecule has 1 unspecified atom stereocenters. The number of nitrogens with zero attached hydrogens (tertiary/aromatic N) is 2. The van der Waals surface area contributed by atoms with E-state index in [1.165, 1.54) is 6.07 Å². The molecule has 1 aliphatic rings. The highest BCUT2D eigenvalue weighted by molar-refractivity contribution is 7.91. The maximum atomic E-state index is 13.6. The number of halogens is 1. The monoisotopic (exact) mass is 371 g/mol. The number of hydrogen-bond acceptors (Lipinski definition) is 4. The van der Waals surface area contributed by atoms with Gasteiger partial charge in [-0.1, -0.05) is 18.2 Å². The van der Waals surface area contributed by atoms with E-state index in [-0.39, 0.29) is 29.4 Å². The van der Waals surface area contributed by atoms with Crippen LogP contribution in [0.4, 0.5) is 9.18 Å². The van der Waals surface area contributed by atoms with Crippen LogP contribution in [0.2, 0.25) is 0 Å². The van der Waals surface area contributed by atoms with Crippen molar-refractivity contribution in [3.63, 3.8) is 0 Å². The first kappa shape index (κ1) is 19.7. The number of hydrogen-bond donors (Lipinski definition) is 1. The molecule has 1 atom stereocenters. The molecular formula is C17H26FN3O3S. The van der Waals surface area contributed by atoms with Crippen LogP contribution in [0.1, 0.15) is 12.0 Å². The Labute approximate surface area is 148 Å². The van der Waals surface area contributed by atoms with Crippen molar-refractivity contribution in [3.8, 4) is 0 Å². The number of carbonyl (C=O) groups is 1. The molecule has 0 bridgehead atoms. The van der Waals surface area contributed by atoms with Crippen LogP contribution in [0.15, 0.2) is 24.3 Å². The van der Waals surface area contributed by atoms with Crippen LogP contribution in [0.5, 0.6) is 0 Å². The summed E-state index contributed by atoms with van der Waals surface area (Å²) in [5.74, 6) is -0.150. The Bertz CT molecular complexity index is 694. The minimum atomic E-state index is -3.07. The van der Waals surface area contributed by atoms with Crippen LogP contribution in [-0.2, 0) is 16.3 Å². The van der Waals surface area contributed by atoms with E-state index in [4.69, 9.17) is 0 Å². The lowest BCUT2D eigenvalue weighted by molar-refractivity contribution is 0.173. The van der Waals surface area contributed by atoms with Gasteiger partial charge in [-0.15, -0.1) is 0 Å². The van der Waals surface area contributed by atoms with Gasteiger partial charge in [0.15, 0.2) is 9.84 Å². The fourth-order valence-electron chi connectivity index (χ4n) is 2.89. The quantitative estimate of drug-likeness (QED) is 0.780. The highest BCUT2D eigenvalue weighted by atomic mass is 32.2. The second kappa shape index (κ2) is 8.62. The molecule has 6 nitrogen and oxygen atoms in total. The van der Waals surface area contributed by atoms with Gasteiger partial charge in [0.25, 0.3) is 0 Å². The van der Waals surface area contributed by atoms with Crippen LogP contribution in [-0.4, -0.2) is 75.5 Å². The van der Waals surface area contributed by atoms with Gasteiger partial charge in [-0.05, 0) is 38.6 Å². The molecule has 1 aromatic rings. The first-order valence-corrected chi connectivity index (χ1v) is 10.2. The minimum Gasteiger partial charge on any atom is -0.338 e. The fourth-order valence-corrected chi connectivity index (χ4v) is 4.62. The Morgan fingerprint density at radius 2 is 2.00 bits per heavy atom. The number of rotatable bonds is 7. The molecule has 2 rings (SSSR count). The zero-order valence-corrected chi connectivity index (χ0v) is 15.6. The molecule has 0 saturated carbocycles. The van der Waals surface area contributed by atoms with Crippen molar-refractivity contribution in [2.24, 2.45) is 0 Å². The Balaban J connectivity index is 1.94. The van der Waals surface area contributed by atoms with E-state index in [2.05, 4.69) is 5.32 Å². The lowest BCUT2D eigenvalue weighted by atomic mass is 10.1. The number of amides is 2. The van der Waals surface area contributed by atoms with Gasteiger partial charge in [0.05, 0.1) is 11.5 Å². The summed E-state index contributed by atoms with van der Waals surface area (Å²) in [5, 5.41) is 2.79. The Morgan fingerprint density at radius 3 is 2.60 bits per heavy atom. The number of nitrogens with one attached hydrogen (secondary N) is 1. The van der Waals surface area contributed by atoms with Gasteiger partial charge < -0.3 is 15.1 Å². The molecule has 0 aromatic heterocycles. The van der Waals surface area contributed by atoms with Crippen molar-refractivity contribution < 1.29 is 17.6 Å². The van der Waals surface area contributed by atoms with Crippen LogP contribution in [0, 0.1) is 5.82 Å². The summed E-state index contributed by atoms with van der Waals surface area (Å²) in [6.07, 6.45) is 0.861. The van der Waals surface area contributed by atoms with E-state index in [1.807, 2.05) is 19.0 Å².